The van der Waals surface area contributed by atoms with Crippen molar-refractivity contribution in [3.05, 3.63) is 41.9 Å². The Balaban J connectivity index is 2.36. The van der Waals surface area contributed by atoms with Gasteiger partial charge in [0.1, 0.15) is 0 Å². The average Bonchev–Trinajstić information content (AvgIpc) is 2.71. The summed E-state index contributed by atoms with van der Waals surface area (Å²) in [5.74, 6) is 0. The first-order valence-electron chi connectivity index (χ1n) is 5.46. The normalized spacial score (nSPS) is 11.5. The van der Waals surface area contributed by atoms with E-state index in [-0.39, 0.29) is 5.03 Å². The summed E-state index contributed by atoms with van der Waals surface area (Å²) >= 11 is 0. The molecule has 2 aromatic rings. The Morgan fingerprint density at radius 1 is 1.28 bits per heavy atom. The van der Waals surface area contributed by atoms with Gasteiger partial charge < -0.3 is 4.57 Å². The number of hydrogen-bond acceptors (Lipinski definition) is 3. The minimum absolute atomic E-state index is 0.0194. The molecule has 0 spiro atoms. The largest absolute Gasteiger partial charge is 0.339 e. The molecule has 0 aliphatic rings. The van der Waals surface area contributed by atoms with Crippen LogP contribution in [0.2, 0.25) is 0 Å². The molecule has 2 rings (SSSR count). The number of aryl methyl sites for hydroxylation is 3. The molecule has 5 nitrogen and oxygen atoms in total. The molecule has 1 heterocycles. The van der Waals surface area contributed by atoms with Crippen molar-refractivity contribution in [3.8, 4) is 0 Å². The van der Waals surface area contributed by atoms with Crippen molar-refractivity contribution in [1.29, 1.82) is 0 Å². The van der Waals surface area contributed by atoms with Crippen molar-refractivity contribution in [2.75, 3.05) is 4.72 Å². The van der Waals surface area contributed by atoms with Crippen LogP contribution in [-0.4, -0.2) is 18.0 Å². The van der Waals surface area contributed by atoms with Crippen LogP contribution in [-0.2, 0) is 17.1 Å². The fourth-order valence-electron chi connectivity index (χ4n) is 1.57. The lowest BCUT2D eigenvalue weighted by Gasteiger charge is -2.09. The molecule has 1 aromatic carbocycles. The van der Waals surface area contributed by atoms with Gasteiger partial charge in [0.2, 0.25) is 0 Å². The van der Waals surface area contributed by atoms with Gasteiger partial charge in [-0.1, -0.05) is 12.1 Å². The average molecular weight is 265 g/mol. The Bertz CT molecular complexity index is 674. The molecule has 0 fully saturated rings. The molecule has 0 bridgehead atoms. The van der Waals surface area contributed by atoms with E-state index in [0.717, 1.165) is 11.1 Å². The molecule has 1 aromatic heterocycles. The SMILES string of the molecule is Cc1ccc(C)c(NS(=O)(=O)c2cn(C)cn2)c1. The molecular formula is C12H15N3O2S. The van der Waals surface area contributed by atoms with Gasteiger partial charge in [0, 0.05) is 13.2 Å². The van der Waals surface area contributed by atoms with Crippen molar-refractivity contribution >= 4 is 15.7 Å². The van der Waals surface area contributed by atoms with E-state index >= 15 is 0 Å². The van der Waals surface area contributed by atoms with Crippen molar-refractivity contribution in [2.24, 2.45) is 7.05 Å². The maximum atomic E-state index is 12.1. The standard InChI is InChI=1S/C12H15N3O2S/c1-9-4-5-10(2)11(6-9)14-18(16,17)12-7-15(3)8-13-12/h4-8,14H,1-3H3. The van der Waals surface area contributed by atoms with Gasteiger partial charge in [-0.2, -0.15) is 8.42 Å². The van der Waals surface area contributed by atoms with Crippen LogP contribution in [0.1, 0.15) is 11.1 Å². The van der Waals surface area contributed by atoms with Gasteiger partial charge in [-0.15, -0.1) is 0 Å². The minimum Gasteiger partial charge on any atom is -0.339 e. The Morgan fingerprint density at radius 2 is 2.00 bits per heavy atom. The van der Waals surface area contributed by atoms with Crippen molar-refractivity contribution in [2.45, 2.75) is 18.9 Å². The van der Waals surface area contributed by atoms with E-state index in [0.29, 0.717) is 5.69 Å². The zero-order chi connectivity index (χ0) is 13.3. The summed E-state index contributed by atoms with van der Waals surface area (Å²) < 4.78 is 28.3. The number of hydrogen-bond donors (Lipinski definition) is 1. The summed E-state index contributed by atoms with van der Waals surface area (Å²) in [6, 6.07) is 5.62. The Hall–Kier alpha value is -1.82. The summed E-state index contributed by atoms with van der Waals surface area (Å²) in [6.45, 7) is 3.77. The molecule has 0 atom stereocenters. The number of sulfonamides is 1. The molecule has 0 radical (unpaired) electrons. The smallest absolute Gasteiger partial charge is 0.280 e. The summed E-state index contributed by atoms with van der Waals surface area (Å²) in [5.41, 5.74) is 2.46. The Morgan fingerprint density at radius 3 is 2.61 bits per heavy atom. The molecule has 0 aliphatic carbocycles. The third-order valence-electron chi connectivity index (χ3n) is 2.59. The van der Waals surface area contributed by atoms with Crippen LogP contribution in [0.4, 0.5) is 5.69 Å². The second kappa shape index (κ2) is 4.45. The molecule has 1 N–H and O–H groups in total. The van der Waals surface area contributed by atoms with Crippen molar-refractivity contribution in [3.63, 3.8) is 0 Å². The number of nitrogens with zero attached hydrogens (tertiary/aromatic N) is 2. The first kappa shape index (κ1) is 12.6. The van der Waals surface area contributed by atoms with E-state index in [4.69, 9.17) is 0 Å². The fraction of sp³-hybridized carbons (Fsp3) is 0.250. The molecule has 0 unspecified atom stereocenters. The lowest BCUT2D eigenvalue weighted by atomic mass is 10.1. The summed E-state index contributed by atoms with van der Waals surface area (Å²) in [4.78, 5) is 3.85. The van der Waals surface area contributed by atoms with E-state index in [2.05, 4.69) is 9.71 Å². The summed E-state index contributed by atoms with van der Waals surface area (Å²) in [5, 5.41) is 0.0194. The zero-order valence-electron chi connectivity index (χ0n) is 10.5. The number of aromatic nitrogens is 2. The van der Waals surface area contributed by atoms with E-state index in [9.17, 15) is 8.42 Å². The number of imidazole rings is 1. The maximum Gasteiger partial charge on any atom is 0.280 e. The number of anilines is 1. The lowest BCUT2D eigenvalue weighted by Crippen LogP contribution is -2.14. The van der Waals surface area contributed by atoms with Crippen molar-refractivity contribution in [1.82, 2.24) is 9.55 Å². The van der Waals surface area contributed by atoms with E-state index in [1.54, 1.807) is 17.7 Å². The highest BCUT2D eigenvalue weighted by Crippen LogP contribution is 2.20. The van der Waals surface area contributed by atoms with Crippen molar-refractivity contribution < 1.29 is 8.42 Å². The van der Waals surface area contributed by atoms with Crippen LogP contribution in [0.5, 0.6) is 0 Å². The molecule has 0 amide bonds. The monoisotopic (exact) mass is 265 g/mol. The first-order chi connectivity index (χ1) is 8.38. The Labute approximate surface area is 107 Å². The van der Waals surface area contributed by atoms with E-state index in [1.165, 1.54) is 12.5 Å². The number of rotatable bonds is 3. The topological polar surface area (TPSA) is 64.0 Å². The third-order valence-corrected chi connectivity index (χ3v) is 3.84. The van der Waals surface area contributed by atoms with Crippen LogP contribution in [0, 0.1) is 13.8 Å². The molecule has 96 valence electrons. The van der Waals surface area contributed by atoms with Crippen LogP contribution in [0.15, 0.2) is 35.7 Å². The predicted molar refractivity (Wildman–Crippen MR) is 69.9 cm³/mol. The highest BCUT2D eigenvalue weighted by molar-refractivity contribution is 7.92. The zero-order valence-corrected chi connectivity index (χ0v) is 11.3. The lowest BCUT2D eigenvalue weighted by molar-refractivity contribution is 0.598. The van der Waals surface area contributed by atoms with Gasteiger partial charge in [-0.3, -0.25) is 4.72 Å². The molecule has 6 heteroatoms. The van der Waals surface area contributed by atoms with Crippen LogP contribution < -0.4 is 4.72 Å². The molecule has 0 saturated carbocycles. The molecule has 0 saturated heterocycles. The second-order valence-corrected chi connectivity index (χ2v) is 5.93. The highest BCUT2D eigenvalue weighted by Gasteiger charge is 2.17. The van der Waals surface area contributed by atoms with Gasteiger partial charge in [0.05, 0.1) is 12.0 Å². The van der Waals surface area contributed by atoms with Crippen LogP contribution >= 0.6 is 0 Å². The quantitative estimate of drug-likeness (QED) is 0.921. The maximum absolute atomic E-state index is 12.1. The summed E-state index contributed by atoms with van der Waals surface area (Å²) in [7, 11) is -1.89. The number of benzene rings is 1. The Kier molecular flexibility index (Phi) is 3.13. The first-order valence-corrected chi connectivity index (χ1v) is 6.95. The molecular weight excluding hydrogens is 250 g/mol. The van der Waals surface area contributed by atoms with E-state index < -0.39 is 10.0 Å². The second-order valence-electron chi connectivity index (χ2n) is 4.30. The van der Waals surface area contributed by atoms with Crippen LogP contribution in [0.25, 0.3) is 0 Å². The molecule has 0 aliphatic heterocycles. The van der Waals surface area contributed by atoms with Gasteiger partial charge in [0.15, 0.2) is 5.03 Å². The number of nitrogens with one attached hydrogen (secondary N) is 1. The molecule has 18 heavy (non-hydrogen) atoms. The highest BCUT2D eigenvalue weighted by atomic mass is 32.2. The predicted octanol–water partition coefficient (Wildman–Crippen LogP) is 1.84. The summed E-state index contributed by atoms with van der Waals surface area (Å²) in [6.07, 6.45) is 2.92. The van der Waals surface area contributed by atoms with Gasteiger partial charge in [-0.25, -0.2) is 4.98 Å². The van der Waals surface area contributed by atoms with Gasteiger partial charge >= 0.3 is 0 Å². The van der Waals surface area contributed by atoms with Gasteiger partial charge in [0.25, 0.3) is 10.0 Å². The van der Waals surface area contributed by atoms with Crippen LogP contribution in [0.3, 0.4) is 0 Å². The van der Waals surface area contributed by atoms with Gasteiger partial charge in [-0.05, 0) is 31.0 Å². The van der Waals surface area contributed by atoms with E-state index in [1.807, 2.05) is 26.0 Å². The fourth-order valence-corrected chi connectivity index (χ4v) is 2.68. The minimum atomic E-state index is -3.61. The third kappa shape index (κ3) is 2.53.